The fourth-order valence-corrected chi connectivity index (χ4v) is 1.68. The van der Waals surface area contributed by atoms with E-state index in [0.717, 1.165) is 12.8 Å². The summed E-state index contributed by atoms with van der Waals surface area (Å²) >= 11 is 0. The van der Waals surface area contributed by atoms with Gasteiger partial charge in [-0.2, -0.15) is 0 Å². The lowest BCUT2D eigenvalue weighted by atomic mass is 9.86. The van der Waals surface area contributed by atoms with Gasteiger partial charge < -0.3 is 4.74 Å². The number of methoxy groups -OCH3 is 1. The quantitative estimate of drug-likeness (QED) is 0.631. The van der Waals surface area contributed by atoms with Crippen LogP contribution in [0.3, 0.4) is 0 Å². The molecule has 0 aliphatic rings. The molecule has 0 aromatic heterocycles. The average Bonchev–Trinajstić information content (AvgIpc) is 2.10. The molecule has 2 heteroatoms. The smallest absolute Gasteiger partial charge is 0.138 e. The minimum Gasteiger partial charge on any atom is -0.385 e. The van der Waals surface area contributed by atoms with Crippen molar-refractivity contribution in [3.05, 3.63) is 0 Å². The van der Waals surface area contributed by atoms with Crippen molar-refractivity contribution in [1.82, 2.24) is 0 Å². The van der Waals surface area contributed by atoms with E-state index in [9.17, 15) is 4.79 Å². The molecule has 0 N–H and O–H groups in total. The molecule has 0 aromatic rings. The SMILES string of the molecule is COCCC(CC(C)C)C(=O)C(C)C. The van der Waals surface area contributed by atoms with Gasteiger partial charge in [-0.1, -0.05) is 27.7 Å². The predicted octanol–water partition coefficient (Wildman–Crippen LogP) is 2.91. The van der Waals surface area contributed by atoms with Crippen molar-refractivity contribution in [3.8, 4) is 0 Å². The van der Waals surface area contributed by atoms with Crippen LogP contribution in [0.5, 0.6) is 0 Å². The highest BCUT2D eigenvalue weighted by atomic mass is 16.5. The van der Waals surface area contributed by atoms with E-state index in [1.807, 2.05) is 13.8 Å². The van der Waals surface area contributed by atoms with Crippen LogP contribution in [0.1, 0.15) is 40.5 Å². The highest BCUT2D eigenvalue weighted by Crippen LogP contribution is 2.20. The summed E-state index contributed by atoms with van der Waals surface area (Å²) in [5, 5.41) is 0. The molecule has 0 aliphatic heterocycles. The van der Waals surface area contributed by atoms with Gasteiger partial charge in [-0.05, 0) is 18.8 Å². The number of hydrogen-bond donors (Lipinski definition) is 0. The molecule has 0 aromatic carbocycles. The Bertz CT molecular complexity index is 162. The summed E-state index contributed by atoms with van der Waals surface area (Å²) in [5.41, 5.74) is 0. The van der Waals surface area contributed by atoms with Crippen LogP contribution in [-0.4, -0.2) is 19.5 Å². The van der Waals surface area contributed by atoms with Gasteiger partial charge >= 0.3 is 0 Å². The van der Waals surface area contributed by atoms with Crippen LogP contribution in [0.4, 0.5) is 0 Å². The number of ketones is 1. The van der Waals surface area contributed by atoms with Crippen molar-refractivity contribution < 1.29 is 9.53 Å². The number of carbonyl (C=O) groups is 1. The summed E-state index contributed by atoms with van der Waals surface area (Å²) in [6.45, 7) is 8.96. The summed E-state index contributed by atoms with van der Waals surface area (Å²) < 4.78 is 5.03. The van der Waals surface area contributed by atoms with Crippen LogP contribution in [-0.2, 0) is 9.53 Å². The van der Waals surface area contributed by atoms with E-state index in [1.165, 1.54) is 0 Å². The van der Waals surface area contributed by atoms with Gasteiger partial charge in [-0.15, -0.1) is 0 Å². The maximum Gasteiger partial charge on any atom is 0.138 e. The van der Waals surface area contributed by atoms with Crippen molar-refractivity contribution in [1.29, 1.82) is 0 Å². The largest absolute Gasteiger partial charge is 0.385 e. The zero-order valence-corrected chi connectivity index (χ0v) is 10.2. The Hall–Kier alpha value is -0.370. The van der Waals surface area contributed by atoms with Crippen LogP contribution >= 0.6 is 0 Å². The van der Waals surface area contributed by atoms with Gasteiger partial charge in [0, 0.05) is 25.6 Å². The molecule has 0 heterocycles. The van der Waals surface area contributed by atoms with E-state index in [1.54, 1.807) is 7.11 Å². The monoisotopic (exact) mass is 200 g/mol. The van der Waals surface area contributed by atoms with Crippen LogP contribution in [0, 0.1) is 17.8 Å². The van der Waals surface area contributed by atoms with Gasteiger partial charge in [0.15, 0.2) is 0 Å². The maximum absolute atomic E-state index is 11.8. The maximum atomic E-state index is 11.8. The summed E-state index contributed by atoms with van der Waals surface area (Å²) in [7, 11) is 1.69. The Morgan fingerprint density at radius 2 is 1.79 bits per heavy atom. The summed E-state index contributed by atoms with van der Waals surface area (Å²) in [4.78, 5) is 11.8. The first kappa shape index (κ1) is 13.6. The molecule has 0 radical (unpaired) electrons. The van der Waals surface area contributed by atoms with Crippen LogP contribution in [0.15, 0.2) is 0 Å². The zero-order valence-electron chi connectivity index (χ0n) is 10.2. The second-order valence-corrected chi connectivity index (χ2v) is 4.67. The van der Waals surface area contributed by atoms with E-state index >= 15 is 0 Å². The van der Waals surface area contributed by atoms with Crippen LogP contribution in [0.2, 0.25) is 0 Å². The molecule has 0 bridgehead atoms. The van der Waals surface area contributed by atoms with E-state index < -0.39 is 0 Å². The Morgan fingerprint density at radius 1 is 1.21 bits per heavy atom. The topological polar surface area (TPSA) is 26.3 Å². The van der Waals surface area contributed by atoms with Crippen LogP contribution in [0.25, 0.3) is 0 Å². The van der Waals surface area contributed by atoms with Gasteiger partial charge in [-0.3, -0.25) is 4.79 Å². The molecular weight excluding hydrogens is 176 g/mol. The minimum atomic E-state index is 0.149. The van der Waals surface area contributed by atoms with Crippen molar-refractivity contribution in [3.63, 3.8) is 0 Å². The molecule has 0 spiro atoms. The molecule has 0 amide bonds. The molecular formula is C12H24O2. The molecule has 0 saturated carbocycles. The van der Waals surface area contributed by atoms with Gasteiger partial charge in [0.2, 0.25) is 0 Å². The van der Waals surface area contributed by atoms with Crippen molar-refractivity contribution >= 4 is 5.78 Å². The van der Waals surface area contributed by atoms with Gasteiger partial charge in [0.25, 0.3) is 0 Å². The Labute approximate surface area is 88.0 Å². The number of ether oxygens (including phenoxy) is 1. The van der Waals surface area contributed by atoms with Crippen molar-refractivity contribution in [2.75, 3.05) is 13.7 Å². The summed E-state index contributed by atoms with van der Waals surface area (Å²) in [6, 6.07) is 0. The first-order valence-electron chi connectivity index (χ1n) is 5.51. The lowest BCUT2D eigenvalue weighted by Gasteiger charge is -2.19. The minimum absolute atomic E-state index is 0.149. The van der Waals surface area contributed by atoms with Gasteiger partial charge in [0.05, 0.1) is 0 Å². The van der Waals surface area contributed by atoms with E-state index in [4.69, 9.17) is 4.74 Å². The molecule has 14 heavy (non-hydrogen) atoms. The molecule has 1 atom stereocenters. The van der Waals surface area contributed by atoms with Crippen molar-refractivity contribution in [2.45, 2.75) is 40.5 Å². The number of rotatable bonds is 7. The Balaban J connectivity index is 4.15. The fraction of sp³-hybridized carbons (Fsp3) is 0.917. The normalized spacial score (nSPS) is 13.6. The Kier molecular flexibility index (Phi) is 6.81. The first-order chi connectivity index (χ1) is 6.49. The molecule has 0 rings (SSSR count). The lowest BCUT2D eigenvalue weighted by molar-refractivity contribution is -0.126. The second-order valence-electron chi connectivity index (χ2n) is 4.67. The van der Waals surface area contributed by atoms with E-state index in [-0.39, 0.29) is 11.8 Å². The van der Waals surface area contributed by atoms with Gasteiger partial charge in [0.1, 0.15) is 5.78 Å². The highest BCUT2D eigenvalue weighted by molar-refractivity contribution is 5.82. The molecule has 2 nitrogen and oxygen atoms in total. The summed E-state index contributed by atoms with van der Waals surface area (Å²) in [5.74, 6) is 1.31. The predicted molar refractivity (Wildman–Crippen MR) is 59.3 cm³/mol. The molecule has 1 unspecified atom stereocenters. The molecule has 0 fully saturated rings. The lowest BCUT2D eigenvalue weighted by Crippen LogP contribution is -2.22. The number of Topliss-reactive ketones (excluding diaryl/α,β-unsaturated/α-hetero) is 1. The Morgan fingerprint density at radius 3 is 2.14 bits per heavy atom. The third-order valence-electron chi connectivity index (χ3n) is 2.40. The third kappa shape index (κ3) is 5.38. The van der Waals surface area contributed by atoms with Crippen LogP contribution < -0.4 is 0 Å². The van der Waals surface area contributed by atoms with E-state index in [0.29, 0.717) is 18.3 Å². The fourth-order valence-electron chi connectivity index (χ4n) is 1.68. The zero-order chi connectivity index (χ0) is 11.1. The van der Waals surface area contributed by atoms with Gasteiger partial charge in [-0.25, -0.2) is 0 Å². The second kappa shape index (κ2) is 6.99. The van der Waals surface area contributed by atoms with Crippen molar-refractivity contribution in [2.24, 2.45) is 17.8 Å². The molecule has 84 valence electrons. The third-order valence-corrected chi connectivity index (χ3v) is 2.40. The summed E-state index contributed by atoms with van der Waals surface area (Å²) in [6.07, 6.45) is 1.85. The molecule has 0 aliphatic carbocycles. The number of hydrogen-bond acceptors (Lipinski definition) is 2. The first-order valence-corrected chi connectivity index (χ1v) is 5.51. The standard InChI is InChI=1S/C12H24O2/c1-9(2)8-11(6-7-14-5)12(13)10(3)4/h9-11H,6-8H2,1-5H3. The van der Waals surface area contributed by atoms with E-state index in [2.05, 4.69) is 13.8 Å². The number of carbonyl (C=O) groups excluding carboxylic acids is 1. The average molecular weight is 200 g/mol. The molecule has 0 saturated heterocycles. The highest BCUT2D eigenvalue weighted by Gasteiger charge is 2.21.